The van der Waals surface area contributed by atoms with Gasteiger partial charge in [0.25, 0.3) is 0 Å². The van der Waals surface area contributed by atoms with Gasteiger partial charge in [0.1, 0.15) is 5.75 Å². The van der Waals surface area contributed by atoms with Gasteiger partial charge in [0.2, 0.25) is 11.8 Å². The number of nitrogens with zero attached hydrogens (tertiary/aromatic N) is 2. The lowest BCUT2D eigenvalue weighted by Crippen LogP contribution is -2.47. The van der Waals surface area contributed by atoms with Crippen LogP contribution in [0.5, 0.6) is 5.75 Å². The predicted molar refractivity (Wildman–Crippen MR) is 103 cm³/mol. The van der Waals surface area contributed by atoms with E-state index >= 15 is 0 Å². The Kier molecular flexibility index (Phi) is 7.21. The molecule has 0 radical (unpaired) electrons. The van der Waals surface area contributed by atoms with E-state index in [0.29, 0.717) is 61.6 Å². The van der Waals surface area contributed by atoms with Gasteiger partial charge in [0.05, 0.1) is 36.3 Å². The van der Waals surface area contributed by atoms with Crippen LogP contribution in [0.4, 0.5) is 0 Å². The Balaban J connectivity index is 1.39. The second-order valence-electron chi connectivity index (χ2n) is 6.77. The van der Waals surface area contributed by atoms with Gasteiger partial charge in [-0.2, -0.15) is 0 Å². The minimum atomic E-state index is 0.0135. The topological polar surface area (TPSA) is 59.1 Å². The molecule has 0 aromatic heterocycles. The number of carbonyl (C=O) groups excluding carboxylic acids is 2. The summed E-state index contributed by atoms with van der Waals surface area (Å²) < 4.78 is 10.9. The van der Waals surface area contributed by atoms with Crippen LogP contribution < -0.4 is 4.74 Å². The van der Waals surface area contributed by atoms with Crippen molar-refractivity contribution in [3.8, 4) is 5.75 Å². The average molecular weight is 415 g/mol. The first-order chi connectivity index (χ1) is 13.0. The van der Waals surface area contributed by atoms with E-state index in [0.717, 1.165) is 12.8 Å². The molecule has 2 aliphatic heterocycles. The fourth-order valence-corrected chi connectivity index (χ4v) is 3.69. The molecule has 148 valence electrons. The quantitative estimate of drug-likeness (QED) is 0.742. The average Bonchev–Trinajstić information content (AvgIpc) is 2.71. The summed E-state index contributed by atoms with van der Waals surface area (Å²) in [4.78, 5) is 28.6. The summed E-state index contributed by atoms with van der Waals surface area (Å²) in [6, 6.07) is 5.02. The monoisotopic (exact) mass is 414 g/mol. The third-order valence-electron chi connectivity index (χ3n) is 5.00. The van der Waals surface area contributed by atoms with Crippen LogP contribution in [-0.4, -0.2) is 67.6 Å². The molecular weight excluding hydrogens is 391 g/mol. The van der Waals surface area contributed by atoms with Crippen LogP contribution in [0.25, 0.3) is 0 Å². The number of hydrogen-bond donors (Lipinski definition) is 0. The molecular formula is C19H24Cl2N2O4. The second kappa shape index (κ2) is 9.62. The van der Waals surface area contributed by atoms with Gasteiger partial charge in [0, 0.05) is 38.2 Å². The number of benzene rings is 1. The molecule has 6 nitrogen and oxygen atoms in total. The molecule has 0 aliphatic carbocycles. The first kappa shape index (κ1) is 20.2. The van der Waals surface area contributed by atoms with Gasteiger partial charge in [-0.1, -0.05) is 23.2 Å². The molecule has 0 unspecified atom stereocenters. The van der Waals surface area contributed by atoms with Crippen molar-refractivity contribution in [2.24, 2.45) is 5.92 Å². The molecule has 3 rings (SSSR count). The zero-order valence-electron chi connectivity index (χ0n) is 15.2. The molecule has 0 N–H and O–H groups in total. The van der Waals surface area contributed by atoms with Crippen molar-refractivity contribution in [2.45, 2.75) is 19.3 Å². The lowest BCUT2D eigenvalue weighted by atomic mass is 9.95. The summed E-state index contributed by atoms with van der Waals surface area (Å²) in [5.74, 6) is 0.854. The Morgan fingerprint density at radius 3 is 2.41 bits per heavy atom. The molecule has 2 saturated heterocycles. The number of morpholine rings is 1. The molecule has 0 saturated carbocycles. The standard InChI is InChI=1S/C19H24Cl2N2O4/c20-16-2-1-15(13-17(16)21)27-10-5-18(24)22-6-3-14(4-7-22)19(25)23-8-11-26-12-9-23/h1-2,13-14H,3-12H2. The SMILES string of the molecule is O=C(CCOc1ccc(Cl)c(Cl)c1)N1CCC(C(=O)N2CCOCC2)CC1. The number of hydrogen-bond acceptors (Lipinski definition) is 4. The number of ether oxygens (including phenoxy) is 2. The van der Waals surface area contributed by atoms with Crippen molar-refractivity contribution in [1.82, 2.24) is 9.80 Å². The van der Waals surface area contributed by atoms with E-state index < -0.39 is 0 Å². The van der Waals surface area contributed by atoms with Gasteiger partial charge < -0.3 is 19.3 Å². The molecule has 1 aromatic carbocycles. The van der Waals surface area contributed by atoms with Gasteiger partial charge in [0.15, 0.2) is 0 Å². The van der Waals surface area contributed by atoms with Gasteiger partial charge in [-0.05, 0) is 25.0 Å². The number of piperidine rings is 1. The Hall–Kier alpha value is -1.50. The smallest absolute Gasteiger partial charge is 0.225 e. The largest absolute Gasteiger partial charge is 0.493 e. The van der Waals surface area contributed by atoms with Gasteiger partial charge in [-0.15, -0.1) is 0 Å². The molecule has 0 bridgehead atoms. The summed E-state index contributed by atoms with van der Waals surface area (Å²) in [6.07, 6.45) is 1.73. The second-order valence-corrected chi connectivity index (χ2v) is 7.58. The normalized spacial score (nSPS) is 18.4. The summed E-state index contributed by atoms with van der Waals surface area (Å²) in [5, 5.41) is 0.891. The summed E-state index contributed by atoms with van der Waals surface area (Å²) in [7, 11) is 0. The van der Waals surface area contributed by atoms with E-state index in [1.807, 2.05) is 9.80 Å². The van der Waals surface area contributed by atoms with Crippen LogP contribution in [-0.2, 0) is 14.3 Å². The maximum Gasteiger partial charge on any atom is 0.225 e. The fraction of sp³-hybridized carbons (Fsp3) is 0.579. The molecule has 2 heterocycles. The highest BCUT2D eigenvalue weighted by Crippen LogP contribution is 2.26. The molecule has 2 fully saturated rings. The molecule has 2 amide bonds. The number of rotatable bonds is 5. The van der Waals surface area contributed by atoms with Gasteiger partial charge in [-0.3, -0.25) is 9.59 Å². The molecule has 27 heavy (non-hydrogen) atoms. The predicted octanol–water partition coefficient (Wildman–Crippen LogP) is 2.86. The summed E-state index contributed by atoms with van der Waals surface area (Å²) >= 11 is 11.8. The highest BCUT2D eigenvalue weighted by atomic mass is 35.5. The first-order valence-corrected chi connectivity index (χ1v) is 10.0. The molecule has 0 atom stereocenters. The van der Waals surface area contributed by atoms with Crippen LogP contribution in [0.1, 0.15) is 19.3 Å². The number of likely N-dealkylation sites (tertiary alicyclic amines) is 1. The lowest BCUT2D eigenvalue weighted by molar-refractivity contribution is -0.143. The lowest BCUT2D eigenvalue weighted by Gasteiger charge is -2.35. The van der Waals surface area contributed by atoms with Crippen molar-refractivity contribution in [1.29, 1.82) is 0 Å². The Morgan fingerprint density at radius 1 is 1.04 bits per heavy atom. The maximum atomic E-state index is 12.5. The van der Waals surface area contributed by atoms with Gasteiger partial charge >= 0.3 is 0 Å². The summed E-state index contributed by atoms with van der Waals surface area (Å²) in [6.45, 7) is 4.08. The zero-order chi connectivity index (χ0) is 19.2. The van der Waals surface area contributed by atoms with E-state index in [4.69, 9.17) is 32.7 Å². The molecule has 0 spiro atoms. The van der Waals surface area contributed by atoms with E-state index in [-0.39, 0.29) is 24.3 Å². The highest BCUT2D eigenvalue weighted by molar-refractivity contribution is 6.42. The molecule has 1 aromatic rings. The number of amides is 2. The van der Waals surface area contributed by atoms with E-state index in [2.05, 4.69) is 0 Å². The van der Waals surface area contributed by atoms with E-state index in [1.165, 1.54) is 0 Å². The van der Waals surface area contributed by atoms with Crippen molar-refractivity contribution >= 4 is 35.0 Å². The number of halogens is 2. The minimum Gasteiger partial charge on any atom is -0.493 e. The maximum absolute atomic E-state index is 12.5. The minimum absolute atomic E-state index is 0.0135. The Bertz CT molecular complexity index is 672. The fourth-order valence-electron chi connectivity index (χ4n) is 3.40. The third kappa shape index (κ3) is 5.50. The van der Waals surface area contributed by atoms with Crippen molar-refractivity contribution < 1.29 is 19.1 Å². The van der Waals surface area contributed by atoms with Crippen LogP contribution in [0.15, 0.2) is 18.2 Å². The van der Waals surface area contributed by atoms with Crippen LogP contribution in [0.2, 0.25) is 10.0 Å². The van der Waals surface area contributed by atoms with Crippen molar-refractivity contribution in [3.05, 3.63) is 28.2 Å². The molecule has 8 heteroatoms. The third-order valence-corrected chi connectivity index (χ3v) is 5.73. The van der Waals surface area contributed by atoms with Crippen molar-refractivity contribution in [3.63, 3.8) is 0 Å². The van der Waals surface area contributed by atoms with E-state index in [1.54, 1.807) is 18.2 Å². The zero-order valence-corrected chi connectivity index (χ0v) is 16.7. The number of carbonyl (C=O) groups is 2. The van der Waals surface area contributed by atoms with Gasteiger partial charge in [-0.25, -0.2) is 0 Å². The first-order valence-electron chi connectivity index (χ1n) is 9.27. The highest BCUT2D eigenvalue weighted by Gasteiger charge is 2.30. The molecule has 2 aliphatic rings. The van der Waals surface area contributed by atoms with Crippen LogP contribution >= 0.6 is 23.2 Å². The van der Waals surface area contributed by atoms with E-state index in [9.17, 15) is 9.59 Å². The van der Waals surface area contributed by atoms with Crippen LogP contribution in [0.3, 0.4) is 0 Å². The van der Waals surface area contributed by atoms with Crippen LogP contribution in [0, 0.1) is 5.92 Å². The Labute approximate surface area is 169 Å². The van der Waals surface area contributed by atoms with Crippen molar-refractivity contribution in [2.75, 3.05) is 46.0 Å². The Morgan fingerprint density at radius 2 is 1.74 bits per heavy atom. The summed E-state index contributed by atoms with van der Waals surface area (Å²) in [5.41, 5.74) is 0.